The van der Waals surface area contributed by atoms with E-state index in [0.717, 1.165) is 6.42 Å². The fourth-order valence-electron chi connectivity index (χ4n) is 1.30. The molecule has 0 unspecified atom stereocenters. The molecule has 16 heavy (non-hydrogen) atoms. The van der Waals surface area contributed by atoms with Gasteiger partial charge in [-0.3, -0.25) is 0 Å². The van der Waals surface area contributed by atoms with Crippen molar-refractivity contribution in [2.24, 2.45) is 0 Å². The Hall–Kier alpha value is -1.89. The van der Waals surface area contributed by atoms with Gasteiger partial charge in [0.1, 0.15) is 5.52 Å². The predicted octanol–water partition coefficient (Wildman–Crippen LogP) is 0.350. The zero-order valence-electron chi connectivity index (χ0n) is 8.93. The van der Waals surface area contributed by atoms with Gasteiger partial charge in [0, 0.05) is 20.1 Å². The Morgan fingerprint density at radius 2 is 2.25 bits per heavy atom. The normalized spacial score (nSPS) is 10.8. The smallest absolute Gasteiger partial charge is 0.245 e. The van der Waals surface area contributed by atoms with E-state index in [4.69, 9.17) is 15.2 Å². The Morgan fingerprint density at radius 1 is 1.38 bits per heavy atom. The fraction of sp³-hybridized carbons (Fsp3) is 0.444. The van der Waals surface area contributed by atoms with Crippen LogP contribution in [0.1, 0.15) is 6.42 Å². The molecule has 0 aliphatic carbocycles. The van der Waals surface area contributed by atoms with Gasteiger partial charge >= 0.3 is 0 Å². The Morgan fingerprint density at radius 3 is 3.06 bits per heavy atom. The maximum atomic E-state index is 5.53. The second-order valence-electron chi connectivity index (χ2n) is 3.18. The van der Waals surface area contributed by atoms with Gasteiger partial charge in [0.15, 0.2) is 5.65 Å². The highest BCUT2D eigenvalue weighted by Crippen LogP contribution is 2.19. The molecule has 2 heterocycles. The fourth-order valence-corrected chi connectivity index (χ4v) is 1.30. The predicted molar refractivity (Wildman–Crippen MR) is 58.1 cm³/mol. The molecule has 0 atom stereocenters. The molecule has 0 saturated carbocycles. The van der Waals surface area contributed by atoms with Gasteiger partial charge in [-0.15, -0.1) is 0 Å². The Labute approximate surface area is 92.0 Å². The lowest BCUT2D eigenvalue weighted by Crippen LogP contribution is -2.05. The number of methoxy groups -OCH3 is 1. The van der Waals surface area contributed by atoms with Gasteiger partial charge in [-0.25, -0.2) is 4.98 Å². The molecule has 2 aromatic heterocycles. The summed E-state index contributed by atoms with van der Waals surface area (Å²) >= 11 is 0. The van der Waals surface area contributed by atoms with Crippen molar-refractivity contribution in [2.75, 3.05) is 26.1 Å². The van der Waals surface area contributed by atoms with Crippen LogP contribution >= 0.6 is 0 Å². The highest BCUT2D eigenvalue weighted by Gasteiger charge is 2.09. The highest BCUT2D eigenvalue weighted by molar-refractivity contribution is 5.76. The van der Waals surface area contributed by atoms with Crippen molar-refractivity contribution in [3.8, 4) is 5.88 Å². The number of imidazole rings is 1. The van der Waals surface area contributed by atoms with Gasteiger partial charge in [-0.2, -0.15) is 9.97 Å². The Bertz CT molecular complexity index is 470. The number of nitrogen functional groups attached to an aromatic ring is 1. The monoisotopic (exact) mass is 223 g/mol. The standard InChI is InChI=1S/C9H13N5O2/c1-15-3-2-4-16-8-6-7(12-5-11-6)13-9(10)14-8/h5H,2-4H2,1H3,(H3,10,11,12,13,14). The lowest BCUT2D eigenvalue weighted by molar-refractivity contribution is 0.171. The first-order valence-corrected chi connectivity index (χ1v) is 4.89. The summed E-state index contributed by atoms with van der Waals surface area (Å²) in [6, 6.07) is 0. The second kappa shape index (κ2) is 4.75. The summed E-state index contributed by atoms with van der Waals surface area (Å²) in [7, 11) is 1.65. The number of hydrogen-bond acceptors (Lipinski definition) is 6. The first kappa shape index (κ1) is 10.6. The summed E-state index contributed by atoms with van der Waals surface area (Å²) < 4.78 is 10.4. The van der Waals surface area contributed by atoms with Crippen molar-refractivity contribution in [3.05, 3.63) is 6.33 Å². The van der Waals surface area contributed by atoms with Crippen molar-refractivity contribution in [1.82, 2.24) is 19.9 Å². The molecular weight excluding hydrogens is 210 g/mol. The Balaban J connectivity index is 2.12. The number of nitrogens with one attached hydrogen (secondary N) is 1. The third-order valence-electron chi connectivity index (χ3n) is 2.00. The number of anilines is 1. The van der Waals surface area contributed by atoms with Crippen LogP contribution in [0.5, 0.6) is 5.88 Å². The SMILES string of the molecule is COCCCOc1nc(N)nc2nc[nH]c12. The average molecular weight is 223 g/mol. The number of aromatic nitrogens is 4. The summed E-state index contributed by atoms with van der Waals surface area (Å²) in [5.41, 5.74) is 6.70. The molecule has 2 rings (SSSR count). The summed E-state index contributed by atoms with van der Waals surface area (Å²) in [6.45, 7) is 1.16. The summed E-state index contributed by atoms with van der Waals surface area (Å²) in [5, 5.41) is 0. The van der Waals surface area contributed by atoms with E-state index >= 15 is 0 Å². The number of nitrogens with two attached hydrogens (primary N) is 1. The minimum absolute atomic E-state index is 0.154. The molecule has 7 heteroatoms. The quantitative estimate of drug-likeness (QED) is 0.709. The molecule has 0 saturated heterocycles. The van der Waals surface area contributed by atoms with Gasteiger partial charge in [0.2, 0.25) is 11.8 Å². The van der Waals surface area contributed by atoms with Crippen molar-refractivity contribution in [3.63, 3.8) is 0 Å². The first-order chi connectivity index (χ1) is 7.81. The largest absolute Gasteiger partial charge is 0.476 e. The molecule has 0 aromatic carbocycles. The molecule has 86 valence electrons. The van der Waals surface area contributed by atoms with Gasteiger partial charge < -0.3 is 20.2 Å². The average Bonchev–Trinajstić information content (AvgIpc) is 2.72. The maximum Gasteiger partial charge on any atom is 0.245 e. The van der Waals surface area contributed by atoms with E-state index in [2.05, 4.69) is 19.9 Å². The van der Waals surface area contributed by atoms with E-state index in [1.54, 1.807) is 7.11 Å². The Kier molecular flexibility index (Phi) is 3.16. The van der Waals surface area contributed by atoms with Crippen LogP contribution in [-0.4, -0.2) is 40.3 Å². The van der Waals surface area contributed by atoms with Crippen LogP contribution in [0.3, 0.4) is 0 Å². The van der Waals surface area contributed by atoms with Gasteiger partial charge in [0.25, 0.3) is 0 Å². The van der Waals surface area contributed by atoms with E-state index < -0.39 is 0 Å². The second-order valence-corrected chi connectivity index (χ2v) is 3.18. The van der Waals surface area contributed by atoms with E-state index in [1.807, 2.05) is 0 Å². The third kappa shape index (κ3) is 2.19. The number of rotatable bonds is 5. The zero-order valence-corrected chi connectivity index (χ0v) is 8.93. The van der Waals surface area contributed by atoms with Crippen LogP contribution in [-0.2, 0) is 4.74 Å². The maximum absolute atomic E-state index is 5.53. The molecule has 0 fully saturated rings. The van der Waals surface area contributed by atoms with Crippen LogP contribution in [0.4, 0.5) is 5.95 Å². The van der Waals surface area contributed by atoms with Gasteiger partial charge in [-0.1, -0.05) is 0 Å². The van der Waals surface area contributed by atoms with E-state index in [0.29, 0.717) is 30.3 Å². The lowest BCUT2D eigenvalue weighted by atomic mass is 10.5. The minimum Gasteiger partial charge on any atom is -0.476 e. The van der Waals surface area contributed by atoms with Gasteiger partial charge in [0.05, 0.1) is 12.9 Å². The minimum atomic E-state index is 0.154. The van der Waals surface area contributed by atoms with Crippen molar-refractivity contribution in [2.45, 2.75) is 6.42 Å². The molecule has 3 N–H and O–H groups in total. The molecule has 0 aliphatic rings. The van der Waals surface area contributed by atoms with Crippen LogP contribution in [0.2, 0.25) is 0 Å². The zero-order chi connectivity index (χ0) is 11.4. The molecule has 0 radical (unpaired) electrons. The molecule has 0 spiro atoms. The summed E-state index contributed by atoms with van der Waals surface area (Å²) in [6.07, 6.45) is 2.32. The number of fused-ring (bicyclic) bond motifs is 1. The van der Waals surface area contributed by atoms with Gasteiger partial charge in [-0.05, 0) is 0 Å². The first-order valence-electron chi connectivity index (χ1n) is 4.89. The van der Waals surface area contributed by atoms with E-state index in [-0.39, 0.29) is 5.95 Å². The topological polar surface area (TPSA) is 98.9 Å². The number of aromatic amines is 1. The molecule has 0 aliphatic heterocycles. The number of H-pyrrole nitrogens is 1. The summed E-state index contributed by atoms with van der Waals surface area (Å²) in [5.74, 6) is 0.581. The lowest BCUT2D eigenvalue weighted by Gasteiger charge is -2.05. The van der Waals surface area contributed by atoms with Crippen LogP contribution < -0.4 is 10.5 Å². The van der Waals surface area contributed by atoms with E-state index in [1.165, 1.54) is 6.33 Å². The molecule has 0 amide bonds. The number of nitrogens with zero attached hydrogens (tertiary/aromatic N) is 3. The number of ether oxygens (including phenoxy) is 2. The van der Waals surface area contributed by atoms with Crippen molar-refractivity contribution >= 4 is 17.1 Å². The molecule has 7 nitrogen and oxygen atoms in total. The molecule has 2 aromatic rings. The highest BCUT2D eigenvalue weighted by atomic mass is 16.5. The molecular formula is C9H13N5O2. The molecule has 0 bridgehead atoms. The number of hydrogen-bond donors (Lipinski definition) is 2. The van der Waals surface area contributed by atoms with Crippen molar-refractivity contribution in [1.29, 1.82) is 0 Å². The van der Waals surface area contributed by atoms with Crippen LogP contribution in [0.25, 0.3) is 11.2 Å². The van der Waals surface area contributed by atoms with Crippen molar-refractivity contribution < 1.29 is 9.47 Å². The van der Waals surface area contributed by atoms with E-state index in [9.17, 15) is 0 Å². The van der Waals surface area contributed by atoms with Crippen LogP contribution in [0, 0.1) is 0 Å². The third-order valence-corrected chi connectivity index (χ3v) is 2.00. The van der Waals surface area contributed by atoms with Crippen LogP contribution in [0.15, 0.2) is 6.33 Å². The summed E-state index contributed by atoms with van der Waals surface area (Å²) in [4.78, 5) is 14.9.